The maximum atomic E-state index is 5.22. The minimum absolute atomic E-state index is 0.923. The summed E-state index contributed by atoms with van der Waals surface area (Å²) in [6.07, 6.45) is 3.47. The van der Waals surface area contributed by atoms with Gasteiger partial charge in [-0.1, -0.05) is 6.07 Å². The van der Waals surface area contributed by atoms with Gasteiger partial charge in [-0.25, -0.2) is 0 Å². The number of rotatable bonds is 1. The summed E-state index contributed by atoms with van der Waals surface area (Å²) in [7, 11) is 3.57. The Morgan fingerprint density at radius 1 is 1.29 bits per heavy atom. The van der Waals surface area contributed by atoms with Crippen LogP contribution in [-0.4, -0.2) is 19.9 Å². The van der Waals surface area contributed by atoms with E-state index in [1.165, 1.54) is 29.7 Å². The third-order valence-electron chi connectivity index (χ3n) is 2.76. The Bertz CT molecular complexity index is 369. The van der Waals surface area contributed by atoms with Crippen molar-refractivity contribution in [2.75, 3.05) is 14.2 Å². The smallest absolute Gasteiger partial charge is 0.119 e. The van der Waals surface area contributed by atoms with Crippen molar-refractivity contribution >= 4 is 5.71 Å². The second-order valence-electron chi connectivity index (χ2n) is 3.55. The number of fused-ring (bicyclic) bond motifs is 1. The van der Waals surface area contributed by atoms with Crippen LogP contribution < -0.4 is 4.74 Å². The minimum Gasteiger partial charge on any atom is -0.497 e. The minimum atomic E-state index is 0.923. The number of methoxy groups -OCH3 is 1. The molecule has 1 aliphatic carbocycles. The maximum absolute atomic E-state index is 5.22. The number of nitrogens with zero attached hydrogens (tertiary/aromatic N) is 1. The Hall–Kier alpha value is -1.31. The van der Waals surface area contributed by atoms with E-state index in [1.54, 1.807) is 7.11 Å². The lowest BCUT2D eigenvalue weighted by molar-refractivity contribution is 0.414. The fourth-order valence-corrected chi connectivity index (χ4v) is 1.98. The molecule has 0 bridgehead atoms. The maximum Gasteiger partial charge on any atom is 0.119 e. The van der Waals surface area contributed by atoms with Crippen molar-refractivity contribution in [1.82, 2.24) is 0 Å². The molecule has 0 amide bonds. The van der Waals surface area contributed by atoms with Crippen molar-refractivity contribution in [2.24, 2.45) is 4.99 Å². The van der Waals surface area contributed by atoms with Gasteiger partial charge in [0.2, 0.25) is 0 Å². The molecule has 0 aromatic heterocycles. The van der Waals surface area contributed by atoms with Crippen molar-refractivity contribution in [2.45, 2.75) is 19.3 Å². The molecular formula is C12H15NO. The van der Waals surface area contributed by atoms with Crippen LogP contribution >= 0.6 is 0 Å². The van der Waals surface area contributed by atoms with Crippen LogP contribution in [0.5, 0.6) is 5.75 Å². The molecule has 0 atom stereocenters. The Labute approximate surface area is 84.6 Å². The molecule has 1 aromatic rings. The van der Waals surface area contributed by atoms with Crippen LogP contribution in [0.3, 0.4) is 0 Å². The zero-order chi connectivity index (χ0) is 9.97. The molecule has 2 nitrogen and oxygen atoms in total. The van der Waals surface area contributed by atoms with Gasteiger partial charge in [0.1, 0.15) is 5.75 Å². The average Bonchev–Trinajstić information content (AvgIpc) is 2.27. The Balaban J connectivity index is 2.49. The molecule has 0 saturated carbocycles. The van der Waals surface area contributed by atoms with E-state index in [0.29, 0.717) is 0 Å². The van der Waals surface area contributed by atoms with E-state index in [0.717, 1.165) is 12.2 Å². The van der Waals surface area contributed by atoms with Gasteiger partial charge in [0.15, 0.2) is 0 Å². The van der Waals surface area contributed by atoms with Crippen molar-refractivity contribution in [1.29, 1.82) is 0 Å². The number of aliphatic imine (C=N–C) groups is 1. The Kier molecular flexibility index (Phi) is 2.53. The second kappa shape index (κ2) is 3.82. The first kappa shape index (κ1) is 9.25. The largest absolute Gasteiger partial charge is 0.497 e. The number of ether oxygens (including phenoxy) is 1. The zero-order valence-corrected chi connectivity index (χ0v) is 8.71. The first-order chi connectivity index (χ1) is 6.85. The molecule has 74 valence electrons. The second-order valence-corrected chi connectivity index (χ2v) is 3.55. The molecule has 2 heteroatoms. The summed E-state index contributed by atoms with van der Waals surface area (Å²) in [6, 6.07) is 6.27. The normalized spacial score (nSPS) is 18.0. The highest BCUT2D eigenvalue weighted by atomic mass is 16.5. The highest BCUT2D eigenvalue weighted by molar-refractivity contribution is 6.02. The van der Waals surface area contributed by atoms with Crippen LogP contribution in [0.2, 0.25) is 0 Å². The summed E-state index contributed by atoms with van der Waals surface area (Å²) in [5.74, 6) is 0.923. The fourth-order valence-electron chi connectivity index (χ4n) is 1.98. The van der Waals surface area contributed by atoms with Gasteiger partial charge < -0.3 is 4.74 Å². The van der Waals surface area contributed by atoms with E-state index < -0.39 is 0 Å². The molecule has 0 radical (unpaired) electrons. The summed E-state index contributed by atoms with van der Waals surface area (Å²) in [5.41, 5.74) is 3.89. The summed E-state index contributed by atoms with van der Waals surface area (Å²) < 4.78 is 5.22. The van der Waals surface area contributed by atoms with E-state index in [1.807, 2.05) is 13.1 Å². The predicted molar refractivity (Wildman–Crippen MR) is 58.4 cm³/mol. The highest BCUT2D eigenvalue weighted by Crippen LogP contribution is 2.25. The van der Waals surface area contributed by atoms with Crippen LogP contribution in [0.4, 0.5) is 0 Å². The fraction of sp³-hybridized carbons (Fsp3) is 0.417. The molecule has 0 N–H and O–H groups in total. The lowest BCUT2D eigenvalue weighted by Crippen LogP contribution is -2.11. The standard InChI is InChI=1S/C12H15NO/c1-13-12-5-3-4-9-6-7-10(14-2)8-11(9)12/h6-8H,3-5H2,1-2H3. The molecule has 1 aliphatic rings. The van der Waals surface area contributed by atoms with Gasteiger partial charge in [0, 0.05) is 18.3 Å². The molecular weight excluding hydrogens is 174 g/mol. The number of aryl methyl sites for hydroxylation is 1. The molecule has 0 unspecified atom stereocenters. The molecule has 14 heavy (non-hydrogen) atoms. The van der Waals surface area contributed by atoms with Gasteiger partial charge in [0.05, 0.1) is 7.11 Å². The monoisotopic (exact) mass is 189 g/mol. The Morgan fingerprint density at radius 2 is 2.14 bits per heavy atom. The van der Waals surface area contributed by atoms with E-state index in [2.05, 4.69) is 17.1 Å². The molecule has 0 saturated heterocycles. The van der Waals surface area contributed by atoms with Crippen molar-refractivity contribution < 1.29 is 4.74 Å². The van der Waals surface area contributed by atoms with Crippen LogP contribution in [0.1, 0.15) is 24.0 Å². The summed E-state index contributed by atoms with van der Waals surface area (Å²) in [4.78, 5) is 4.33. The lowest BCUT2D eigenvalue weighted by Gasteiger charge is -2.18. The molecule has 2 rings (SSSR count). The molecule has 0 fully saturated rings. The number of hydrogen-bond acceptors (Lipinski definition) is 2. The van der Waals surface area contributed by atoms with Crippen LogP contribution in [0.25, 0.3) is 0 Å². The summed E-state index contributed by atoms with van der Waals surface area (Å²) in [6.45, 7) is 0. The molecule has 0 spiro atoms. The summed E-state index contributed by atoms with van der Waals surface area (Å²) >= 11 is 0. The van der Waals surface area contributed by atoms with E-state index in [-0.39, 0.29) is 0 Å². The molecule has 0 heterocycles. The highest BCUT2D eigenvalue weighted by Gasteiger charge is 2.15. The molecule has 1 aromatic carbocycles. The van der Waals surface area contributed by atoms with Crippen molar-refractivity contribution in [3.63, 3.8) is 0 Å². The SMILES string of the molecule is CN=C1CCCc2ccc(OC)cc21. The number of benzene rings is 1. The number of hydrogen-bond donors (Lipinski definition) is 0. The van der Waals surface area contributed by atoms with Gasteiger partial charge in [-0.2, -0.15) is 0 Å². The first-order valence-electron chi connectivity index (χ1n) is 4.98. The van der Waals surface area contributed by atoms with E-state index in [9.17, 15) is 0 Å². The van der Waals surface area contributed by atoms with Gasteiger partial charge in [-0.05, 0) is 37.0 Å². The van der Waals surface area contributed by atoms with E-state index >= 15 is 0 Å². The van der Waals surface area contributed by atoms with Gasteiger partial charge in [0.25, 0.3) is 0 Å². The third kappa shape index (κ3) is 1.52. The average molecular weight is 189 g/mol. The van der Waals surface area contributed by atoms with Gasteiger partial charge >= 0.3 is 0 Å². The van der Waals surface area contributed by atoms with Crippen LogP contribution in [-0.2, 0) is 6.42 Å². The van der Waals surface area contributed by atoms with Gasteiger partial charge in [-0.15, -0.1) is 0 Å². The van der Waals surface area contributed by atoms with Gasteiger partial charge in [-0.3, -0.25) is 4.99 Å². The first-order valence-corrected chi connectivity index (χ1v) is 4.98. The van der Waals surface area contributed by atoms with Crippen LogP contribution in [0.15, 0.2) is 23.2 Å². The third-order valence-corrected chi connectivity index (χ3v) is 2.76. The molecule has 0 aliphatic heterocycles. The van der Waals surface area contributed by atoms with Crippen molar-refractivity contribution in [3.05, 3.63) is 29.3 Å². The topological polar surface area (TPSA) is 21.6 Å². The zero-order valence-electron chi connectivity index (χ0n) is 8.71. The summed E-state index contributed by atoms with van der Waals surface area (Å²) in [5, 5.41) is 0. The van der Waals surface area contributed by atoms with Crippen molar-refractivity contribution in [3.8, 4) is 5.75 Å². The lowest BCUT2D eigenvalue weighted by atomic mass is 9.90. The van der Waals surface area contributed by atoms with Crippen LogP contribution in [0, 0.1) is 0 Å². The quantitative estimate of drug-likeness (QED) is 0.665. The Morgan fingerprint density at radius 3 is 2.86 bits per heavy atom. The van der Waals surface area contributed by atoms with E-state index in [4.69, 9.17) is 4.74 Å². The predicted octanol–water partition coefficient (Wildman–Crippen LogP) is 2.45.